The molecule has 2 N–H and O–H groups in total. The zero-order valence-corrected chi connectivity index (χ0v) is 18.4. The van der Waals surface area contributed by atoms with Crippen molar-refractivity contribution < 1.29 is 14.6 Å². The van der Waals surface area contributed by atoms with E-state index in [-0.39, 0.29) is 29.7 Å². The number of hydrogen-bond acceptors (Lipinski definition) is 4. The fraction of sp³-hybridized carbons (Fsp3) is 0.632. The number of ether oxygens (including phenoxy) is 2. The van der Waals surface area contributed by atoms with Crippen LogP contribution in [0, 0.1) is 0 Å². The van der Waals surface area contributed by atoms with Crippen molar-refractivity contribution >= 4 is 29.9 Å². The Labute approximate surface area is 174 Å². The van der Waals surface area contributed by atoms with E-state index in [0.29, 0.717) is 25.0 Å². The molecule has 0 amide bonds. The third kappa shape index (κ3) is 6.83. The summed E-state index contributed by atoms with van der Waals surface area (Å²) in [6.07, 6.45) is 2.44. The molecule has 148 valence electrons. The summed E-state index contributed by atoms with van der Waals surface area (Å²) in [6.45, 7) is 10.6. The summed E-state index contributed by atoms with van der Waals surface area (Å²) in [5.74, 6) is 1.61. The molecule has 1 aromatic rings. The van der Waals surface area contributed by atoms with E-state index >= 15 is 0 Å². The zero-order chi connectivity index (χ0) is 18.1. The Morgan fingerprint density at radius 3 is 2.58 bits per heavy atom. The minimum Gasteiger partial charge on any atom is -0.504 e. The van der Waals surface area contributed by atoms with Gasteiger partial charge in [-0.2, -0.15) is 0 Å². The number of guanidine groups is 1. The van der Waals surface area contributed by atoms with E-state index < -0.39 is 0 Å². The van der Waals surface area contributed by atoms with Gasteiger partial charge in [0.2, 0.25) is 0 Å². The van der Waals surface area contributed by atoms with Gasteiger partial charge in [-0.05, 0) is 51.3 Å². The predicted molar refractivity (Wildman–Crippen MR) is 116 cm³/mol. The first-order valence-electron chi connectivity index (χ1n) is 9.27. The SMILES string of the molecule is CCNC(=NCc1ccc(O)c(OCC)c1)N1CCC(OCC)CC1.I. The number of aliphatic imine (C=N–C) groups is 1. The number of halogens is 1. The quantitative estimate of drug-likeness (QED) is 0.358. The molecule has 1 fully saturated rings. The molecule has 0 saturated carbocycles. The Kier molecular flexibility index (Phi) is 10.7. The molecule has 1 aliphatic rings. The van der Waals surface area contributed by atoms with Crippen LogP contribution in [0.2, 0.25) is 0 Å². The number of hydrogen-bond donors (Lipinski definition) is 2. The van der Waals surface area contributed by atoms with Crippen LogP contribution < -0.4 is 10.1 Å². The molecule has 6 nitrogen and oxygen atoms in total. The van der Waals surface area contributed by atoms with Crippen LogP contribution in [0.5, 0.6) is 11.5 Å². The monoisotopic (exact) mass is 477 g/mol. The average Bonchev–Trinajstić information content (AvgIpc) is 2.62. The van der Waals surface area contributed by atoms with Gasteiger partial charge < -0.3 is 24.8 Å². The predicted octanol–water partition coefficient (Wildman–Crippen LogP) is 3.38. The second-order valence-electron chi connectivity index (χ2n) is 6.05. The van der Waals surface area contributed by atoms with Gasteiger partial charge in [0.05, 0.1) is 19.3 Å². The van der Waals surface area contributed by atoms with E-state index in [9.17, 15) is 5.11 Å². The number of phenolic OH excluding ortho intramolecular Hbond substituents is 1. The summed E-state index contributed by atoms with van der Waals surface area (Å²) >= 11 is 0. The molecular formula is C19H32IN3O3. The van der Waals surface area contributed by atoms with Crippen LogP contribution in [0.4, 0.5) is 0 Å². The number of nitrogens with one attached hydrogen (secondary N) is 1. The lowest BCUT2D eigenvalue weighted by atomic mass is 10.1. The third-order valence-electron chi connectivity index (χ3n) is 4.21. The van der Waals surface area contributed by atoms with Gasteiger partial charge in [-0.15, -0.1) is 24.0 Å². The van der Waals surface area contributed by atoms with Crippen LogP contribution in [-0.2, 0) is 11.3 Å². The number of aromatic hydroxyl groups is 1. The summed E-state index contributed by atoms with van der Waals surface area (Å²) in [4.78, 5) is 7.06. The molecule has 0 bridgehead atoms. The Bertz CT molecular complexity index is 561. The first-order chi connectivity index (χ1) is 12.2. The number of phenols is 1. The van der Waals surface area contributed by atoms with Crippen LogP contribution in [0.15, 0.2) is 23.2 Å². The maximum Gasteiger partial charge on any atom is 0.194 e. The van der Waals surface area contributed by atoms with Crippen molar-refractivity contribution in [3.05, 3.63) is 23.8 Å². The van der Waals surface area contributed by atoms with Crippen molar-refractivity contribution in [3.8, 4) is 11.5 Å². The average molecular weight is 477 g/mol. The van der Waals surface area contributed by atoms with Crippen LogP contribution in [0.3, 0.4) is 0 Å². The molecule has 1 saturated heterocycles. The van der Waals surface area contributed by atoms with Gasteiger partial charge >= 0.3 is 0 Å². The Balaban J connectivity index is 0.00000338. The van der Waals surface area contributed by atoms with Crippen molar-refractivity contribution in [1.82, 2.24) is 10.2 Å². The first-order valence-corrected chi connectivity index (χ1v) is 9.27. The lowest BCUT2D eigenvalue weighted by Gasteiger charge is -2.34. The molecular weight excluding hydrogens is 445 g/mol. The molecule has 0 aliphatic carbocycles. The summed E-state index contributed by atoms with van der Waals surface area (Å²) in [5, 5.41) is 13.2. The summed E-state index contributed by atoms with van der Waals surface area (Å²) in [6, 6.07) is 5.40. The van der Waals surface area contributed by atoms with E-state index in [1.54, 1.807) is 6.07 Å². The minimum atomic E-state index is 0. The van der Waals surface area contributed by atoms with E-state index in [1.807, 2.05) is 26.0 Å². The van der Waals surface area contributed by atoms with E-state index in [1.165, 1.54) is 0 Å². The maximum absolute atomic E-state index is 9.81. The van der Waals surface area contributed by atoms with Crippen LogP contribution in [0.1, 0.15) is 39.2 Å². The van der Waals surface area contributed by atoms with Gasteiger partial charge in [-0.1, -0.05) is 6.07 Å². The second-order valence-corrected chi connectivity index (χ2v) is 6.05. The van der Waals surface area contributed by atoms with Gasteiger partial charge in [0, 0.05) is 26.2 Å². The molecule has 0 atom stereocenters. The molecule has 0 aromatic heterocycles. The number of rotatable bonds is 7. The molecule has 0 unspecified atom stereocenters. The number of piperidine rings is 1. The molecule has 2 rings (SSSR count). The zero-order valence-electron chi connectivity index (χ0n) is 16.0. The summed E-state index contributed by atoms with van der Waals surface area (Å²) in [5.41, 5.74) is 1.01. The molecule has 0 radical (unpaired) electrons. The highest BCUT2D eigenvalue weighted by Gasteiger charge is 2.21. The van der Waals surface area contributed by atoms with Gasteiger partial charge in [0.15, 0.2) is 17.5 Å². The fourth-order valence-corrected chi connectivity index (χ4v) is 2.99. The first kappa shape index (κ1) is 22.8. The number of nitrogens with zero attached hydrogens (tertiary/aromatic N) is 2. The highest BCUT2D eigenvalue weighted by molar-refractivity contribution is 14.0. The lowest BCUT2D eigenvalue weighted by molar-refractivity contribution is 0.0263. The second kappa shape index (κ2) is 12.2. The van der Waals surface area contributed by atoms with E-state index in [0.717, 1.165) is 50.6 Å². The summed E-state index contributed by atoms with van der Waals surface area (Å²) in [7, 11) is 0. The number of likely N-dealkylation sites (tertiary alicyclic amines) is 1. The Morgan fingerprint density at radius 2 is 1.96 bits per heavy atom. The molecule has 1 aliphatic heterocycles. The van der Waals surface area contributed by atoms with Gasteiger partial charge in [0.25, 0.3) is 0 Å². The Hall–Kier alpha value is -1.22. The van der Waals surface area contributed by atoms with Gasteiger partial charge in [-0.25, -0.2) is 4.99 Å². The van der Waals surface area contributed by atoms with E-state index in [4.69, 9.17) is 14.5 Å². The van der Waals surface area contributed by atoms with Crippen LogP contribution >= 0.6 is 24.0 Å². The van der Waals surface area contributed by atoms with Gasteiger partial charge in [0.1, 0.15) is 0 Å². The smallest absolute Gasteiger partial charge is 0.194 e. The third-order valence-corrected chi connectivity index (χ3v) is 4.21. The minimum absolute atomic E-state index is 0. The van der Waals surface area contributed by atoms with Crippen molar-refractivity contribution in [3.63, 3.8) is 0 Å². The molecule has 0 spiro atoms. The maximum atomic E-state index is 9.81. The topological polar surface area (TPSA) is 66.3 Å². The number of benzene rings is 1. The fourth-order valence-electron chi connectivity index (χ4n) is 2.99. The highest BCUT2D eigenvalue weighted by atomic mass is 127. The molecule has 7 heteroatoms. The van der Waals surface area contributed by atoms with Gasteiger partial charge in [-0.3, -0.25) is 0 Å². The molecule has 26 heavy (non-hydrogen) atoms. The van der Waals surface area contributed by atoms with Crippen molar-refractivity contribution in [2.45, 2.75) is 46.3 Å². The molecule has 1 heterocycles. The largest absolute Gasteiger partial charge is 0.504 e. The molecule has 1 aromatic carbocycles. The summed E-state index contributed by atoms with van der Waals surface area (Å²) < 4.78 is 11.2. The van der Waals surface area contributed by atoms with Crippen molar-refractivity contribution in [2.75, 3.05) is 32.8 Å². The van der Waals surface area contributed by atoms with Crippen molar-refractivity contribution in [1.29, 1.82) is 0 Å². The highest BCUT2D eigenvalue weighted by Crippen LogP contribution is 2.27. The Morgan fingerprint density at radius 1 is 1.23 bits per heavy atom. The lowest BCUT2D eigenvalue weighted by Crippen LogP contribution is -2.47. The van der Waals surface area contributed by atoms with Crippen LogP contribution in [0.25, 0.3) is 0 Å². The van der Waals surface area contributed by atoms with Crippen molar-refractivity contribution in [2.24, 2.45) is 4.99 Å². The van der Waals surface area contributed by atoms with E-state index in [2.05, 4.69) is 17.1 Å². The standard InChI is InChI=1S/C19H31N3O3.HI/c1-4-20-19(22-11-9-16(10-12-22)24-5-2)21-14-15-7-8-17(23)18(13-15)25-6-3;/h7-8,13,16,23H,4-6,9-12,14H2,1-3H3,(H,20,21);1H. The normalized spacial score (nSPS) is 15.5. The van der Waals surface area contributed by atoms with Crippen LogP contribution in [-0.4, -0.2) is 54.9 Å².